The molecular weight excluding hydrogens is 293 g/mol. The average molecular weight is 309 g/mol. The summed E-state index contributed by atoms with van der Waals surface area (Å²) in [6.45, 7) is 0.539. The van der Waals surface area contributed by atoms with Crippen molar-refractivity contribution in [2.24, 2.45) is 0 Å². The van der Waals surface area contributed by atoms with Crippen LogP contribution in [0.15, 0.2) is 24.3 Å². The third kappa shape index (κ3) is 4.72. The highest BCUT2D eigenvalue weighted by molar-refractivity contribution is 6.04. The van der Waals surface area contributed by atoms with E-state index in [2.05, 4.69) is 16.0 Å². The van der Waals surface area contributed by atoms with Crippen LogP contribution in [0.25, 0.3) is 0 Å². The summed E-state index contributed by atoms with van der Waals surface area (Å²) in [4.78, 5) is 33.7. The lowest BCUT2D eigenvalue weighted by Crippen LogP contribution is -2.33. The van der Waals surface area contributed by atoms with Crippen molar-refractivity contribution in [3.8, 4) is 5.75 Å². The molecule has 3 N–H and O–H groups in total. The number of halogens is 1. The van der Waals surface area contributed by atoms with Crippen molar-refractivity contribution in [2.45, 2.75) is 18.9 Å². The van der Waals surface area contributed by atoms with Crippen LogP contribution in [0, 0.1) is 5.82 Å². The quantitative estimate of drug-likeness (QED) is 0.499. The molecule has 0 saturated carbocycles. The summed E-state index contributed by atoms with van der Waals surface area (Å²) >= 11 is 0. The third-order valence-electron chi connectivity index (χ3n) is 3.03. The standard InChI is InChI=1S/C14H16FN3O4/c15-9-1-3-10(4-2-9)22-8-7-16-12(19)6-5-11-13(20)18-14(21)17-11/h1-4,11H,5-8H2,(H,16,19)(H2,17,18,20,21)/t11-/m0/s1. The van der Waals surface area contributed by atoms with E-state index < -0.39 is 18.0 Å². The van der Waals surface area contributed by atoms with Gasteiger partial charge in [-0.2, -0.15) is 0 Å². The summed E-state index contributed by atoms with van der Waals surface area (Å²) in [7, 11) is 0. The second-order valence-corrected chi connectivity index (χ2v) is 4.71. The van der Waals surface area contributed by atoms with Crippen LogP contribution in [0.1, 0.15) is 12.8 Å². The first kappa shape index (κ1) is 15.7. The Balaban J connectivity index is 1.59. The number of carbonyl (C=O) groups is 3. The highest BCUT2D eigenvalue weighted by Gasteiger charge is 2.29. The van der Waals surface area contributed by atoms with Crippen LogP contribution < -0.4 is 20.7 Å². The van der Waals surface area contributed by atoms with Gasteiger partial charge in [0.05, 0.1) is 6.54 Å². The molecule has 1 saturated heterocycles. The minimum atomic E-state index is -0.659. The van der Waals surface area contributed by atoms with Crippen LogP contribution in [-0.2, 0) is 9.59 Å². The predicted molar refractivity (Wildman–Crippen MR) is 74.6 cm³/mol. The van der Waals surface area contributed by atoms with Gasteiger partial charge in [-0.15, -0.1) is 0 Å². The summed E-state index contributed by atoms with van der Waals surface area (Å²) in [6.07, 6.45) is 0.358. The number of imide groups is 1. The van der Waals surface area contributed by atoms with Crippen LogP contribution in [-0.4, -0.2) is 37.0 Å². The summed E-state index contributed by atoms with van der Waals surface area (Å²) in [5, 5.41) is 7.15. The number of ether oxygens (including phenoxy) is 1. The molecule has 2 rings (SSSR count). The van der Waals surface area contributed by atoms with Crippen molar-refractivity contribution in [3.63, 3.8) is 0 Å². The van der Waals surface area contributed by atoms with E-state index in [1.165, 1.54) is 24.3 Å². The highest BCUT2D eigenvalue weighted by atomic mass is 19.1. The summed E-state index contributed by atoms with van der Waals surface area (Å²) in [5.41, 5.74) is 0. The molecule has 118 valence electrons. The van der Waals surface area contributed by atoms with Gasteiger partial charge in [0.15, 0.2) is 0 Å². The van der Waals surface area contributed by atoms with Crippen LogP contribution in [0.4, 0.5) is 9.18 Å². The van der Waals surface area contributed by atoms with E-state index in [-0.39, 0.29) is 31.2 Å². The SMILES string of the molecule is O=C(CC[C@@H]1NC(=O)NC1=O)NCCOc1ccc(F)cc1. The van der Waals surface area contributed by atoms with E-state index in [0.29, 0.717) is 12.3 Å². The normalized spacial score (nSPS) is 16.9. The fourth-order valence-corrected chi connectivity index (χ4v) is 1.92. The van der Waals surface area contributed by atoms with Crippen LogP contribution >= 0.6 is 0 Å². The molecule has 1 atom stereocenters. The van der Waals surface area contributed by atoms with Gasteiger partial charge in [0, 0.05) is 6.42 Å². The third-order valence-corrected chi connectivity index (χ3v) is 3.03. The van der Waals surface area contributed by atoms with Gasteiger partial charge in [0.1, 0.15) is 24.2 Å². The van der Waals surface area contributed by atoms with E-state index in [1.807, 2.05) is 0 Å². The number of amides is 4. The van der Waals surface area contributed by atoms with Crippen molar-refractivity contribution < 1.29 is 23.5 Å². The first-order chi connectivity index (χ1) is 10.5. The van der Waals surface area contributed by atoms with E-state index in [0.717, 1.165) is 0 Å². The van der Waals surface area contributed by atoms with Gasteiger partial charge in [-0.1, -0.05) is 0 Å². The Morgan fingerprint density at radius 3 is 2.64 bits per heavy atom. The average Bonchev–Trinajstić information content (AvgIpc) is 2.81. The minimum absolute atomic E-state index is 0.120. The Kier molecular flexibility index (Phi) is 5.29. The summed E-state index contributed by atoms with van der Waals surface area (Å²) < 4.78 is 18.0. The maximum atomic E-state index is 12.7. The van der Waals surface area contributed by atoms with Crippen molar-refractivity contribution in [1.29, 1.82) is 0 Å². The van der Waals surface area contributed by atoms with Gasteiger partial charge < -0.3 is 15.4 Å². The van der Waals surface area contributed by atoms with Crippen LogP contribution in [0.5, 0.6) is 5.75 Å². The first-order valence-corrected chi connectivity index (χ1v) is 6.81. The molecule has 8 heteroatoms. The maximum absolute atomic E-state index is 12.7. The zero-order chi connectivity index (χ0) is 15.9. The fourth-order valence-electron chi connectivity index (χ4n) is 1.92. The molecule has 1 aromatic rings. The lowest BCUT2D eigenvalue weighted by Gasteiger charge is -2.09. The lowest BCUT2D eigenvalue weighted by atomic mass is 10.1. The van der Waals surface area contributed by atoms with Crippen molar-refractivity contribution in [3.05, 3.63) is 30.1 Å². The Morgan fingerprint density at radius 2 is 2.00 bits per heavy atom. The lowest BCUT2D eigenvalue weighted by molar-refractivity contribution is -0.122. The molecule has 7 nitrogen and oxygen atoms in total. The molecule has 22 heavy (non-hydrogen) atoms. The highest BCUT2D eigenvalue weighted by Crippen LogP contribution is 2.10. The number of rotatable bonds is 7. The number of urea groups is 1. The maximum Gasteiger partial charge on any atom is 0.322 e. The topological polar surface area (TPSA) is 96.5 Å². The summed E-state index contributed by atoms with van der Waals surface area (Å²) in [6, 6.07) is 4.37. The minimum Gasteiger partial charge on any atom is -0.492 e. The smallest absolute Gasteiger partial charge is 0.322 e. The Morgan fingerprint density at radius 1 is 1.27 bits per heavy atom. The molecule has 0 spiro atoms. The molecule has 0 bridgehead atoms. The zero-order valence-corrected chi connectivity index (χ0v) is 11.7. The van der Waals surface area contributed by atoms with Crippen LogP contribution in [0.2, 0.25) is 0 Å². The molecule has 1 fully saturated rings. The molecule has 0 aromatic heterocycles. The molecule has 1 aromatic carbocycles. The molecule has 4 amide bonds. The van der Waals surface area contributed by atoms with Crippen molar-refractivity contribution in [1.82, 2.24) is 16.0 Å². The predicted octanol–water partition coefficient (Wildman–Crippen LogP) is 0.309. The Labute approximate surface area is 126 Å². The van der Waals surface area contributed by atoms with E-state index in [1.54, 1.807) is 0 Å². The molecule has 0 unspecified atom stereocenters. The monoisotopic (exact) mass is 309 g/mol. The molecule has 1 aliphatic rings. The molecule has 0 aliphatic carbocycles. The molecule has 1 aliphatic heterocycles. The summed E-state index contributed by atoms with van der Waals surface area (Å²) in [5.74, 6) is -0.487. The largest absolute Gasteiger partial charge is 0.492 e. The Hall–Kier alpha value is -2.64. The van der Waals surface area contributed by atoms with Gasteiger partial charge in [-0.25, -0.2) is 9.18 Å². The second-order valence-electron chi connectivity index (χ2n) is 4.71. The van der Waals surface area contributed by atoms with Gasteiger partial charge >= 0.3 is 6.03 Å². The van der Waals surface area contributed by atoms with Crippen LogP contribution in [0.3, 0.4) is 0 Å². The number of hydrogen-bond acceptors (Lipinski definition) is 4. The van der Waals surface area contributed by atoms with E-state index >= 15 is 0 Å². The molecular formula is C14H16FN3O4. The molecule has 0 radical (unpaired) electrons. The fraction of sp³-hybridized carbons (Fsp3) is 0.357. The number of hydrogen-bond donors (Lipinski definition) is 3. The van der Waals surface area contributed by atoms with Crippen molar-refractivity contribution >= 4 is 17.8 Å². The number of carbonyl (C=O) groups excluding carboxylic acids is 3. The van der Waals surface area contributed by atoms with Gasteiger partial charge in [0.25, 0.3) is 5.91 Å². The van der Waals surface area contributed by atoms with Gasteiger partial charge in [-0.05, 0) is 30.7 Å². The Bertz CT molecular complexity index is 562. The second kappa shape index (κ2) is 7.39. The zero-order valence-electron chi connectivity index (χ0n) is 11.7. The number of benzene rings is 1. The van der Waals surface area contributed by atoms with Crippen molar-refractivity contribution in [2.75, 3.05) is 13.2 Å². The molecule has 1 heterocycles. The first-order valence-electron chi connectivity index (χ1n) is 6.81. The van der Waals surface area contributed by atoms with Gasteiger partial charge in [0.2, 0.25) is 5.91 Å². The van der Waals surface area contributed by atoms with E-state index in [4.69, 9.17) is 4.74 Å². The van der Waals surface area contributed by atoms with E-state index in [9.17, 15) is 18.8 Å². The number of nitrogens with one attached hydrogen (secondary N) is 3. The van der Waals surface area contributed by atoms with Gasteiger partial charge in [-0.3, -0.25) is 14.9 Å².